The summed E-state index contributed by atoms with van der Waals surface area (Å²) in [4.78, 5) is 10.4. The minimum Gasteiger partial charge on any atom is -0.151 e. The molecule has 2 heteroatoms. The highest BCUT2D eigenvalue weighted by Crippen LogP contribution is 2.77. The van der Waals surface area contributed by atoms with E-state index in [-0.39, 0.29) is 0 Å². The van der Waals surface area contributed by atoms with E-state index in [0.29, 0.717) is 17.4 Å². The Morgan fingerprint density at radius 2 is 2.00 bits per heavy atom. The van der Waals surface area contributed by atoms with E-state index in [1.807, 2.05) is 0 Å². The van der Waals surface area contributed by atoms with Crippen LogP contribution in [0.15, 0.2) is 5.18 Å². The smallest absolute Gasteiger partial charge is 0.0814 e. The molecular formula is C16H29NO. The number of hydrogen-bond acceptors (Lipinski definition) is 2. The number of hydrogen-bond donors (Lipinski definition) is 0. The molecule has 104 valence electrons. The molecule has 0 aromatic rings. The van der Waals surface area contributed by atoms with Crippen molar-refractivity contribution in [2.45, 2.75) is 60.3 Å². The third-order valence-electron chi connectivity index (χ3n) is 5.43. The van der Waals surface area contributed by atoms with Gasteiger partial charge in [-0.15, -0.1) is 0 Å². The second-order valence-corrected chi connectivity index (χ2v) is 8.13. The summed E-state index contributed by atoms with van der Waals surface area (Å²) in [6.45, 7) is 12.3. The monoisotopic (exact) mass is 251 g/mol. The number of nitroso groups, excluding NO2 is 1. The minimum atomic E-state index is 0.440. The fourth-order valence-electron chi connectivity index (χ4n) is 4.94. The Bertz CT molecular complexity index is 318. The van der Waals surface area contributed by atoms with Crippen molar-refractivity contribution in [3.05, 3.63) is 4.91 Å². The highest BCUT2D eigenvalue weighted by molar-refractivity contribution is 5.19. The van der Waals surface area contributed by atoms with Gasteiger partial charge in [-0.1, -0.05) is 39.8 Å². The Kier molecular flexibility index (Phi) is 3.59. The van der Waals surface area contributed by atoms with Crippen molar-refractivity contribution in [2.24, 2.45) is 39.7 Å². The molecule has 2 saturated carbocycles. The first-order valence-corrected chi connectivity index (χ1v) is 7.62. The Morgan fingerprint density at radius 3 is 2.39 bits per heavy atom. The molecule has 4 atom stereocenters. The molecule has 0 heterocycles. The average Bonchev–Trinajstić information content (AvgIpc) is 2.92. The van der Waals surface area contributed by atoms with E-state index in [9.17, 15) is 4.91 Å². The van der Waals surface area contributed by atoms with Gasteiger partial charge in [-0.2, -0.15) is 4.91 Å². The molecule has 0 aromatic heterocycles. The molecule has 0 aliphatic heterocycles. The fraction of sp³-hybridized carbons (Fsp3) is 1.00. The van der Waals surface area contributed by atoms with Crippen molar-refractivity contribution in [3.8, 4) is 0 Å². The van der Waals surface area contributed by atoms with Gasteiger partial charge >= 0.3 is 0 Å². The Morgan fingerprint density at radius 1 is 1.33 bits per heavy atom. The third-order valence-corrected chi connectivity index (χ3v) is 5.43. The molecule has 2 aliphatic rings. The maximum Gasteiger partial charge on any atom is 0.0814 e. The lowest BCUT2D eigenvalue weighted by Crippen LogP contribution is -2.34. The van der Waals surface area contributed by atoms with Crippen LogP contribution >= 0.6 is 0 Å². The zero-order chi connectivity index (χ0) is 13.6. The lowest BCUT2D eigenvalue weighted by molar-refractivity contribution is 0.0628. The standard InChI is InChI=1S/C16H29NO/c1-11(2)14-13(7-9-17-18)16(14)8-6-12(16)10-15(3,4)5/h11-14H,6-10H2,1-5H3/t12?,13?,14-,16?/m1/s1. The van der Waals surface area contributed by atoms with E-state index in [4.69, 9.17) is 0 Å². The van der Waals surface area contributed by atoms with Crippen LogP contribution in [-0.4, -0.2) is 6.54 Å². The molecule has 2 nitrogen and oxygen atoms in total. The summed E-state index contributed by atoms with van der Waals surface area (Å²) >= 11 is 0. The molecule has 2 rings (SSSR count). The van der Waals surface area contributed by atoms with Crippen molar-refractivity contribution in [1.82, 2.24) is 0 Å². The zero-order valence-corrected chi connectivity index (χ0v) is 12.7. The van der Waals surface area contributed by atoms with Gasteiger partial charge in [0, 0.05) is 0 Å². The van der Waals surface area contributed by atoms with Crippen LogP contribution in [-0.2, 0) is 0 Å². The average molecular weight is 251 g/mol. The second kappa shape index (κ2) is 4.61. The molecule has 0 radical (unpaired) electrons. The molecular weight excluding hydrogens is 222 g/mol. The van der Waals surface area contributed by atoms with Crippen LogP contribution in [0.5, 0.6) is 0 Å². The van der Waals surface area contributed by atoms with Gasteiger partial charge in [-0.25, -0.2) is 0 Å². The summed E-state index contributed by atoms with van der Waals surface area (Å²) < 4.78 is 0. The predicted molar refractivity (Wildman–Crippen MR) is 76.3 cm³/mol. The van der Waals surface area contributed by atoms with E-state index in [1.165, 1.54) is 19.3 Å². The predicted octanol–water partition coefficient (Wildman–Crippen LogP) is 4.88. The normalized spacial score (nSPS) is 38.9. The molecule has 18 heavy (non-hydrogen) atoms. The quantitative estimate of drug-likeness (QED) is 0.640. The minimum absolute atomic E-state index is 0.440. The van der Waals surface area contributed by atoms with Crippen LogP contribution in [0.1, 0.15) is 60.3 Å². The molecule has 0 amide bonds. The molecule has 0 aromatic carbocycles. The van der Waals surface area contributed by atoms with Gasteiger partial charge in [-0.3, -0.25) is 0 Å². The summed E-state index contributed by atoms with van der Waals surface area (Å²) in [7, 11) is 0. The van der Waals surface area contributed by atoms with Crippen LogP contribution in [0.4, 0.5) is 0 Å². The first-order chi connectivity index (χ1) is 8.33. The molecule has 1 spiro atoms. The summed E-state index contributed by atoms with van der Waals surface area (Å²) in [5.41, 5.74) is 1.04. The van der Waals surface area contributed by atoms with Gasteiger partial charge in [0.15, 0.2) is 0 Å². The molecule has 2 aliphatic carbocycles. The molecule has 2 fully saturated rings. The Hall–Kier alpha value is -0.400. The van der Waals surface area contributed by atoms with Crippen molar-refractivity contribution < 1.29 is 0 Å². The maximum absolute atomic E-state index is 10.4. The molecule has 0 bridgehead atoms. The molecule has 3 unspecified atom stereocenters. The van der Waals surface area contributed by atoms with Crippen LogP contribution in [0, 0.1) is 39.4 Å². The summed E-state index contributed by atoms with van der Waals surface area (Å²) in [6.07, 6.45) is 5.19. The Balaban J connectivity index is 2.03. The summed E-state index contributed by atoms with van der Waals surface area (Å²) in [6, 6.07) is 0. The van der Waals surface area contributed by atoms with Gasteiger partial charge in [0.1, 0.15) is 0 Å². The van der Waals surface area contributed by atoms with Crippen LogP contribution in [0.2, 0.25) is 0 Å². The second-order valence-electron chi connectivity index (χ2n) is 8.13. The van der Waals surface area contributed by atoms with E-state index in [0.717, 1.165) is 30.1 Å². The number of rotatable bonds is 5. The number of nitrogens with zero attached hydrogens (tertiary/aromatic N) is 1. The highest BCUT2D eigenvalue weighted by atomic mass is 16.3. The lowest BCUT2D eigenvalue weighted by Gasteiger charge is -2.43. The third kappa shape index (κ3) is 2.23. The SMILES string of the molecule is CC(C)[C@@H]1C(CCN=O)C12CCC2CC(C)(C)C. The Labute approximate surface area is 112 Å². The van der Waals surface area contributed by atoms with Gasteiger partial charge < -0.3 is 0 Å². The molecule has 0 N–H and O–H groups in total. The summed E-state index contributed by atoms with van der Waals surface area (Å²) in [5, 5.41) is 3.08. The van der Waals surface area contributed by atoms with E-state index >= 15 is 0 Å². The van der Waals surface area contributed by atoms with Gasteiger partial charge in [0.05, 0.1) is 6.54 Å². The highest BCUT2D eigenvalue weighted by Gasteiger charge is 2.71. The van der Waals surface area contributed by atoms with Crippen molar-refractivity contribution in [1.29, 1.82) is 0 Å². The first-order valence-electron chi connectivity index (χ1n) is 7.62. The molecule has 0 saturated heterocycles. The van der Waals surface area contributed by atoms with Crippen LogP contribution in [0.3, 0.4) is 0 Å². The maximum atomic E-state index is 10.4. The summed E-state index contributed by atoms with van der Waals surface area (Å²) in [5.74, 6) is 3.32. The van der Waals surface area contributed by atoms with Crippen molar-refractivity contribution >= 4 is 0 Å². The van der Waals surface area contributed by atoms with Crippen LogP contribution < -0.4 is 0 Å². The van der Waals surface area contributed by atoms with E-state index in [2.05, 4.69) is 39.8 Å². The fourth-order valence-corrected chi connectivity index (χ4v) is 4.94. The van der Waals surface area contributed by atoms with Gasteiger partial charge in [0.2, 0.25) is 0 Å². The largest absolute Gasteiger partial charge is 0.151 e. The van der Waals surface area contributed by atoms with Crippen molar-refractivity contribution in [3.63, 3.8) is 0 Å². The van der Waals surface area contributed by atoms with Crippen molar-refractivity contribution in [2.75, 3.05) is 6.54 Å². The van der Waals surface area contributed by atoms with Gasteiger partial charge in [0.25, 0.3) is 0 Å². The topological polar surface area (TPSA) is 29.4 Å². The van der Waals surface area contributed by atoms with Crippen LogP contribution in [0.25, 0.3) is 0 Å². The van der Waals surface area contributed by atoms with E-state index in [1.54, 1.807) is 0 Å². The zero-order valence-electron chi connectivity index (χ0n) is 12.7. The van der Waals surface area contributed by atoms with E-state index < -0.39 is 0 Å². The lowest BCUT2D eigenvalue weighted by atomic mass is 9.61. The first kappa shape index (κ1) is 14.0. The van der Waals surface area contributed by atoms with Gasteiger partial charge in [-0.05, 0) is 60.2 Å².